The molecule has 1 rings (SSSR count). The van der Waals surface area contributed by atoms with Gasteiger partial charge in [0.05, 0.1) is 5.71 Å². The summed E-state index contributed by atoms with van der Waals surface area (Å²) in [6.45, 7) is 26.5. The van der Waals surface area contributed by atoms with Crippen molar-refractivity contribution in [3.63, 3.8) is 0 Å². The second-order valence-electron chi connectivity index (χ2n) is 2.66. The molecule has 1 aliphatic heterocycles. The minimum atomic E-state index is 0.887. The minimum Gasteiger partial charge on any atom is -0.333 e. The number of aliphatic imine (C=N–C) groups is 1. The van der Waals surface area contributed by atoms with Crippen LogP contribution in [0.25, 0.3) is 0 Å². The van der Waals surface area contributed by atoms with E-state index in [1.54, 1.807) is 6.08 Å². The molecule has 1 aliphatic rings. The predicted octanol–water partition coefficient (Wildman–Crippen LogP) is 6.20. The lowest BCUT2D eigenvalue weighted by Gasteiger charge is -2.11. The average Bonchev–Trinajstić information content (AvgIpc) is 2.63. The van der Waals surface area contributed by atoms with E-state index in [9.17, 15) is 0 Å². The van der Waals surface area contributed by atoms with Gasteiger partial charge in [0.25, 0.3) is 0 Å². The first kappa shape index (κ1) is 32.0. The van der Waals surface area contributed by atoms with Crippen LogP contribution in [0.4, 0.5) is 0 Å². The SMILES string of the molecule is C=CC1=NCCC=C1C(=C)C.CC.CC.CC.CC.CN. The molecule has 2 heteroatoms. The van der Waals surface area contributed by atoms with Crippen LogP contribution in [0.5, 0.6) is 0 Å². The quantitative estimate of drug-likeness (QED) is 0.647. The van der Waals surface area contributed by atoms with Gasteiger partial charge in [-0.25, -0.2) is 0 Å². The fraction of sp³-hybridized carbons (Fsp3) is 0.632. The van der Waals surface area contributed by atoms with Crippen LogP contribution in [0.1, 0.15) is 68.7 Å². The summed E-state index contributed by atoms with van der Waals surface area (Å²) in [7, 11) is 1.50. The Balaban J connectivity index is -0.0000000727. The highest BCUT2D eigenvalue weighted by Gasteiger charge is 2.06. The number of allylic oxidation sites excluding steroid dienone is 3. The Hall–Kier alpha value is -1.15. The number of nitrogens with zero attached hydrogens (tertiary/aromatic N) is 1. The molecule has 21 heavy (non-hydrogen) atoms. The van der Waals surface area contributed by atoms with E-state index in [1.165, 1.54) is 7.05 Å². The molecule has 128 valence electrons. The predicted molar refractivity (Wildman–Crippen MR) is 106 cm³/mol. The molecule has 0 spiro atoms. The Morgan fingerprint density at radius 1 is 1.05 bits per heavy atom. The molecule has 0 aromatic carbocycles. The molecule has 0 bridgehead atoms. The molecule has 0 saturated carbocycles. The van der Waals surface area contributed by atoms with Gasteiger partial charge >= 0.3 is 0 Å². The highest BCUT2D eigenvalue weighted by Crippen LogP contribution is 2.15. The smallest absolute Gasteiger partial charge is 0.0640 e. The van der Waals surface area contributed by atoms with E-state index in [-0.39, 0.29) is 0 Å². The fourth-order valence-corrected chi connectivity index (χ4v) is 1.15. The first-order chi connectivity index (χ1) is 10.3. The molecule has 0 aromatic rings. The molecule has 1 heterocycles. The highest BCUT2D eigenvalue weighted by molar-refractivity contribution is 6.11. The lowest BCUT2D eigenvalue weighted by atomic mass is 10.0. The molecular formula is C19H42N2. The number of hydrogen-bond donors (Lipinski definition) is 1. The van der Waals surface area contributed by atoms with Gasteiger partial charge in [-0.1, -0.05) is 74.6 Å². The molecule has 0 unspecified atom stereocenters. The van der Waals surface area contributed by atoms with Crippen LogP contribution in [-0.2, 0) is 0 Å². The van der Waals surface area contributed by atoms with E-state index in [2.05, 4.69) is 30.0 Å². The van der Waals surface area contributed by atoms with Gasteiger partial charge in [0, 0.05) is 6.54 Å². The first-order valence-electron chi connectivity index (χ1n) is 8.36. The normalized spacial score (nSPS) is 10.2. The van der Waals surface area contributed by atoms with Gasteiger partial charge in [-0.3, -0.25) is 4.99 Å². The monoisotopic (exact) mass is 298 g/mol. The maximum Gasteiger partial charge on any atom is 0.0640 e. The van der Waals surface area contributed by atoms with Gasteiger partial charge in [0.1, 0.15) is 0 Å². The zero-order valence-corrected chi connectivity index (χ0v) is 16.5. The lowest BCUT2D eigenvalue weighted by Crippen LogP contribution is -2.05. The fourth-order valence-electron chi connectivity index (χ4n) is 1.15. The summed E-state index contributed by atoms with van der Waals surface area (Å²) in [6, 6.07) is 0. The standard InChI is InChI=1S/C10H13N.4C2H6.CH5N/c1-4-10-9(8(2)3)6-5-7-11-10;5*1-2/h4,6H,1-2,5,7H2,3H3;4*1-2H3;2H2,1H3. The van der Waals surface area contributed by atoms with Crippen LogP contribution < -0.4 is 5.73 Å². The Bertz CT molecular complexity index is 248. The number of dihydropyridines is 1. The number of nitrogens with two attached hydrogens (primary N) is 1. The van der Waals surface area contributed by atoms with Crippen LogP contribution in [-0.4, -0.2) is 19.3 Å². The summed E-state index contributed by atoms with van der Waals surface area (Å²) in [5.41, 5.74) is 7.72. The Kier molecular flexibility index (Phi) is 55.4. The molecule has 0 aromatic heterocycles. The van der Waals surface area contributed by atoms with Gasteiger partial charge in [0.2, 0.25) is 0 Å². The third-order valence-corrected chi connectivity index (χ3v) is 1.69. The van der Waals surface area contributed by atoms with Crippen molar-refractivity contribution in [1.29, 1.82) is 0 Å². The van der Waals surface area contributed by atoms with Crippen LogP contribution in [0.2, 0.25) is 0 Å². The summed E-state index contributed by atoms with van der Waals surface area (Å²) in [4.78, 5) is 4.32. The molecule has 0 fully saturated rings. The number of rotatable bonds is 2. The van der Waals surface area contributed by atoms with E-state index < -0.39 is 0 Å². The van der Waals surface area contributed by atoms with Crippen molar-refractivity contribution >= 4 is 5.71 Å². The van der Waals surface area contributed by atoms with Crippen molar-refractivity contribution < 1.29 is 0 Å². The number of hydrogen-bond acceptors (Lipinski definition) is 2. The van der Waals surface area contributed by atoms with Crippen molar-refractivity contribution in [2.75, 3.05) is 13.6 Å². The van der Waals surface area contributed by atoms with Gasteiger partial charge in [-0.2, -0.15) is 0 Å². The van der Waals surface area contributed by atoms with Crippen LogP contribution >= 0.6 is 0 Å². The Morgan fingerprint density at radius 3 is 1.67 bits per heavy atom. The van der Waals surface area contributed by atoms with Crippen LogP contribution in [0, 0.1) is 0 Å². The largest absolute Gasteiger partial charge is 0.333 e. The van der Waals surface area contributed by atoms with E-state index in [1.807, 2.05) is 62.3 Å². The van der Waals surface area contributed by atoms with E-state index in [0.29, 0.717) is 0 Å². The molecule has 2 N–H and O–H groups in total. The Morgan fingerprint density at radius 2 is 1.43 bits per heavy atom. The summed E-state index contributed by atoms with van der Waals surface area (Å²) in [5, 5.41) is 0. The van der Waals surface area contributed by atoms with Crippen LogP contribution in [0.15, 0.2) is 41.4 Å². The molecule has 0 saturated heterocycles. The second kappa shape index (κ2) is 36.4. The van der Waals surface area contributed by atoms with Crippen molar-refractivity contribution in [2.24, 2.45) is 10.7 Å². The van der Waals surface area contributed by atoms with Gasteiger partial charge < -0.3 is 5.73 Å². The summed E-state index contributed by atoms with van der Waals surface area (Å²) in [6.07, 6.45) is 4.99. The first-order valence-corrected chi connectivity index (χ1v) is 8.36. The van der Waals surface area contributed by atoms with Gasteiger partial charge in [-0.15, -0.1) is 0 Å². The van der Waals surface area contributed by atoms with E-state index in [0.717, 1.165) is 29.8 Å². The van der Waals surface area contributed by atoms with Crippen molar-refractivity contribution in [2.45, 2.75) is 68.7 Å². The van der Waals surface area contributed by atoms with Gasteiger partial charge in [-0.05, 0) is 37.6 Å². The van der Waals surface area contributed by atoms with Crippen molar-refractivity contribution in [1.82, 2.24) is 0 Å². The van der Waals surface area contributed by atoms with E-state index >= 15 is 0 Å². The Labute approximate surface area is 135 Å². The lowest BCUT2D eigenvalue weighted by molar-refractivity contribution is 0.983. The molecule has 0 aliphatic carbocycles. The van der Waals surface area contributed by atoms with Crippen LogP contribution in [0.3, 0.4) is 0 Å². The minimum absolute atomic E-state index is 0.887. The maximum absolute atomic E-state index is 4.50. The van der Waals surface area contributed by atoms with Crippen molar-refractivity contribution in [3.8, 4) is 0 Å². The van der Waals surface area contributed by atoms with Gasteiger partial charge in [0.15, 0.2) is 0 Å². The summed E-state index contributed by atoms with van der Waals surface area (Å²) < 4.78 is 0. The zero-order valence-electron chi connectivity index (χ0n) is 16.5. The maximum atomic E-state index is 4.50. The molecule has 0 atom stereocenters. The highest BCUT2D eigenvalue weighted by atomic mass is 14.7. The summed E-state index contributed by atoms with van der Waals surface area (Å²) >= 11 is 0. The van der Waals surface area contributed by atoms with E-state index in [4.69, 9.17) is 0 Å². The third-order valence-electron chi connectivity index (χ3n) is 1.69. The molecule has 0 radical (unpaired) electrons. The third kappa shape index (κ3) is 21.3. The van der Waals surface area contributed by atoms with Crippen molar-refractivity contribution in [3.05, 3.63) is 36.5 Å². The summed E-state index contributed by atoms with van der Waals surface area (Å²) in [5.74, 6) is 0. The average molecular weight is 299 g/mol. The molecular weight excluding hydrogens is 256 g/mol. The second-order valence-corrected chi connectivity index (χ2v) is 2.66. The zero-order chi connectivity index (χ0) is 18.3. The molecule has 0 amide bonds. The topological polar surface area (TPSA) is 38.4 Å². The molecule has 2 nitrogen and oxygen atoms in total.